The molecule has 2 aromatic rings. The van der Waals surface area contributed by atoms with Crippen LogP contribution in [0.1, 0.15) is 24.2 Å². The summed E-state index contributed by atoms with van der Waals surface area (Å²) in [6, 6.07) is 5.54. The molecule has 0 saturated carbocycles. The third-order valence-electron chi connectivity index (χ3n) is 4.42. The van der Waals surface area contributed by atoms with Crippen molar-refractivity contribution in [3.63, 3.8) is 0 Å². The largest absolute Gasteiger partial charge is 0.467 e. The van der Waals surface area contributed by atoms with E-state index in [1.807, 2.05) is 17.0 Å². The van der Waals surface area contributed by atoms with Crippen molar-refractivity contribution in [2.24, 2.45) is 14.1 Å². The van der Waals surface area contributed by atoms with Gasteiger partial charge in [0.1, 0.15) is 17.6 Å². The van der Waals surface area contributed by atoms with Crippen molar-refractivity contribution in [3.8, 4) is 6.07 Å². The lowest BCUT2D eigenvalue weighted by Crippen LogP contribution is -2.44. The standard InChI is InChI=1S/C17H20N4O4/c1-19-15(14(9-18)16(22)20(2)17(19)23)21(10-12-5-3-7-24-12)11-13-6-4-8-25-13/h3,5,7,13H,4,6,8,10-11H2,1-2H3. The van der Waals surface area contributed by atoms with Gasteiger partial charge < -0.3 is 14.1 Å². The maximum Gasteiger partial charge on any atom is 0.332 e. The van der Waals surface area contributed by atoms with Gasteiger partial charge >= 0.3 is 5.69 Å². The Bertz CT molecular complexity index is 898. The molecule has 0 bridgehead atoms. The second kappa shape index (κ2) is 6.99. The van der Waals surface area contributed by atoms with Crippen LogP contribution in [0.25, 0.3) is 0 Å². The number of aromatic nitrogens is 2. The van der Waals surface area contributed by atoms with Crippen LogP contribution in [0.5, 0.6) is 0 Å². The first-order chi connectivity index (χ1) is 12.0. The number of ether oxygens (including phenoxy) is 1. The van der Waals surface area contributed by atoms with Gasteiger partial charge in [0.15, 0.2) is 5.56 Å². The lowest BCUT2D eigenvalue weighted by molar-refractivity contribution is 0.114. The molecule has 0 aromatic carbocycles. The molecule has 132 valence electrons. The number of hydrogen-bond donors (Lipinski definition) is 0. The van der Waals surface area contributed by atoms with E-state index in [9.17, 15) is 14.9 Å². The first-order valence-corrected chi connectivity index (χ1v) is 8.12. The molecule has 25 heavy (non-hydrogen) atoms. The molecule has 3 rings (SSSR count). The topological polar surface area (TPSA) is 93.4 Å². The molecule has 3 heterocycles. The van der Waals surface area contributed by atoms with Gasteiger partial charge in [-0.05, 0) is 25.0 Å². The molecule has 8 nitrogen and oxygen atoms in total. The summed E-state index contributed by atoms with van der Waals surface area (Å²) in [5, 5.41) is 9.51. The molecule has 1 aliphatic rings. The Hall–Kier alpha value is -2.79. The van der Waals surface area contributed by atoms with E-state index in [1.54, 1.807) is 19.4 Å². The molecule has 0 amide bonds. The Morgan fingerprint density at radius 1 is 1.36 bits per heavy atom. The summed E-state index contributed by atoms with van der Waals surface area (Å²) in [7, 11) is 2.93. The Labute approximate surface area is 144 Å². The van der Waals surface area contributed by atoms with E-state index in [1.165, 1.54) is 11.6 Å². The van der Waals surface area contributed by atoms with E-state index in [0.29, 0.717) is 31.3 Å². The van der Waals surface area contributed by atoms with Gasteiger partial charge in [0.2, 0.25) is 0 Å². The van der Waals surface area contributed by atoms with Crippen LogP contribution in [-0.4, -0.2) is 28.4 Å². The molecule has 0 radical (unpaired) electrons. The minimum absolute atomic E-state index is 0.0133. The number of furan rings is 1. The van der Waals surface area contributed by atoms with E-state index in [4.69, 9.17) is 9.15 Å². The number of rotatable bonds is 5. The third kappa shape index (κ3) is 3.23. The smallest absolute Gasteiger partial charge is 0.332 e. The van der Waals surface area contributed by atoms with Crippen molar-refractivity contribution < 1.29 is 9.15 Å². The SMILES string of the molecule is Cn1c(N(Cc2ccco2)CC2CCCO2)c(C#N)c(=O)n(C)c1=O. The van der Waals surface area contributed by atoms with E-state index in [0.717, 1.165) is 17.4 Å². The molecule has 1 fully saturated rings. The fourth-order valence-corrected chi connectivity index (χ4v) is 3.15. The van der Waals surface area contributed by atoms with Gasteiger partial charge in [0.05, 0.1) is 18.9 Å². The highest BCUT2D eigenvalue weighted by molar-refractivity contribution is 5.53. The fourth-order valence-electron chi connectivity index (χ4n) is 3.15. The number of nitriles is 1. The van der Waals surface area contributed by atoms with Gasteiger partial charge in [-0.25, -0.2) is 4.79 Å². The molecule has 1 aliphatic heterocycles. The van der Waals surface area contributed by atoms with Crippen molar-refractivity contribution in [2.75, 3.05) is 18.1 Å². The van der Waals surface area contributed by atoms with Crippen LogP contribution in [0, 0.1) is 11.3 Å². The van der Waals surface area contributed by atoms with Crippen molar-refractivity contribution in [1.29, 1.82) is 5.26 Å². The summed E-state index contributed by atoms with van der Waals surface area (Å²) in [5.41, 5.74) is -1.14. The van der Waals surface area contributed by atoms with Gasteiger partial charge in [-0.2, -0.15) is 5.26 Å². The molecular formula is C17H20N4O4. The summed E-state index contributed by atoms with van der Waals surface area (Å²) in [5.74, 6) is 0.970. The lowest BCUT2D eigenvalue weighted by Gasteiger charge is -2.28. The summed E-state index contributed by atoms with van der Waals surface area (Å²) in [6.45, 7) is 1.50. The maximum absolute atomic E-state index is 12.4. The first-order valence-electron chi connectivity index (χ1n) is 8.12. The van der Waals surface area contributed by atoms with Crippen LogP contribution in [0.4, 0.5) is 5.82 Å². The average molecular weight is 344 g/mol. The summed E-state index contributed by atoms with van der Waals surface area (Å²) in [6.07, 6.45) is 3.42. The highest BCUT2D eigenvalue weighted by atomic mass is 16.5. The number of hydrogen-bond acceptors (Lipinski definition) is 6. The van der Waals surface area contributed by atoms with Crippen LogP contribution in [-0.2, 0) is 25.4 Å². The van der Waals surface area contributed by atoms with Crippen molar-refractivity contribution >= 4 is 5.82 Å². The number of nitrogens with zero attached hydrogens (tertiary/aromatic N) is 4. The molecule has 2 aromatic heterocycles. The highest BCUT2D eigenvalue weighted by Gasteiger charge is 2.26. The van der Waals surface area contributed by atoms with E-state index >= 15 is 0 Å². The quantitative estimate of drug-likeness (QED) is 0.794. The Balaban J connectivity index is 2.10. The zero-order valence-electron chi connectivity index (χ0n) is 14.3. The molecule has 1 unspecified atom stereocenters. The van der Waals surface area contributed by atoms with Crippen LogP contribution in [0.15, 0.2) is 32.4 Å². The number of anilines is 1. The van der Waals surface area contributed by atoms with Crippen LogP contribution >= 0.6 is 0 Å². The maximum atomic E-state index is 12.4. The Morgan fingerprint density at radius 2 is 2.16 bits per heavy atom. The third-order valence-corrected chi connectivity index (χ3v) is 4.42. The molecule has 0 spiro atoms. The Morgan fingerprint density at radius 3 is 2.76 bits per heavy atom. The minimum atomic E-state index is -0.600. The molecule has 0 N–H and O–H groups in total. The predicted octanol–water partition coefficient (Wildman–Crippen LogP) is 0.734. The van der Waals surface area contributed by atoms with Crippen molar-refractivity contribution in [3.05, 3.63) is 50.6 Å². The first kappa shape index (κ1) is 17.0. The van der Waals surface area contributed by atoms with E-state index < -0.39 is 11.2 Å². The van der Waals surface area contributed by atoms with Gasteiger partial charge in [-0.3, -0.25) is 13.9 Å². The van der Waals surface area contributed by atoms with Gasteiger partial charge in [0, 0.05) is 27.2 Å². The van der Waals surface area contributed by atoms with E-state index in [2.05, 4.69) is 0 Å². The molecule has 1 atom stereocenters. The Kier molecular flexibility index (Phi) is 4.76. The van der Waals surface area contributed by atoms with Gasteiger partial charge in [0.25, 0.3) is 5.56 Å². The summed E-state index contributed by atoms with van der Waals surface area (Å²) in [4.78, 5) is 26.6. The van der Waals surface area contributed by atoms with Gasteiger partial charge in [-0.15, -0.1) is 0 Å². The van der Waals surface area contributed by atoms with E-state index in [-0.39, 0.29) is 11.7 Å². The zero-order valence-corrected chi connectivity index (χ0v) is 14.3. The highest BCUT2D eigenvalue weighted by Crippen LogP contribution is 2.22. The molecular weight excluding hydrogens is 324 g/mol. The average Bonchev–Trinajstić information content (AvgIpc) is 3.29. The lowest BCUT2D eigenvalue weighted by atomic mass is 10.2. The van der Waals surface area contributed by atoms with Crippen LogP contribution in [0.2, 0.25) is 0 Å². The van der Waals surface area contributed by atoms with Gasteiger partial charge in [-0.1, -0.05) is 0 Å². The van der Waals surface area contributed by atoms with Crippen LogP contribution in [0.3, 0.4) is 0 Å². The second-order valence-electron chi connectivity index (χ2n) is 6.11. The predicted molar refractivity (Wildman–Crippen MR) is 90.4 cm³/mol. The van der Waals surface area contributed by atoms with Crippen molar-refractivity contribution in [2.45, 2.75) is 25.5 Å². The fraction of sp³-hybridized carbons (Fsp3) is 0.471. The second-order valence-corrected chi connectivity index (χ2v) is 6.11. The monoisotopic (exact) mass is 344 g/mol. The molecule has 0 aliphatic carbocycles. The van der Waals surface area contributed by atoms with Crippen LogP contribution < -0.4 is 16.1 Å². The van der Waals surface area contributed by atoms with Crippen molar-refractivity contribution in [1.82, 2.24) is 9.13 Å². The zero-order chi connectivity index (χ0) is 18.0. The normalized spacial score (nSPS) is 16.8. The summed E-state index contributed by atoms with van der Waals surface area (Å²) < 4.78 is 13.4. The molecule has 8 heteroatoms. The minimum Gasteiger partial charge on any atom is -0.467 e. The summed E-state index contributed by atoms with van der Waals surface area (Å²) >= 11 is 0. The molecule has 1 saturated heterocycles.